The molecule has 0 amide bonds. The van der Waals surface area contributed by atoms with Crippen molar-refractivity contribution in [3.8, 4) is 0 Å². The first-order chi connectivity index (χ1) is 11.2. The second kappa shape index (κ2) is 9.39. The Morgan fingerprint density at radius 3 is 2.74 bits per heavy atom. The molecule has 3 N–H and O–H groups in total. The van der Waals surface area contributed by atoms with E-state index in [0.29, 0.717) is 11.7 Å². The van der Waals surface area contributed by atoms with E-state index in [2.05, 4.69) is 46.7 Å². The molecule has 6 heteroatoms. The summed E-state index contributed by atoms with van der Waals surface area (Å²) in [6.45, 7) is 9.86. The van der Waals surface area contributed by atoms with Crippen molar-refractivity contribution in [3.63, 3.8) is 0 Å². The largest absolute Gasteiger partial charge is 0.370 e. The number of thiocarbonyl (C=S) groups is 1. The van der Waals surface area contributed by atoms with Crippen molar-refractivity contribution >= 4 is 23.0 Å². The fourth-order valence-electron chi connectivity index (χ4n) is 2.75. The maximum atomic E-state index is 5.49. The summed E-state index contributed by atoms with van der Waals surface area (Å²) in [6.07, 6.45) is 1.76. The van der Waals surface area contributed by atoms with Crippen LogP contribution in [0.2, 0.25) is 0 Å². The Morgan fingerprint density at radius 1 is 1.39 bits per heavy atom. The maximum Gasteiger partial charge on any atom is 0.187 e. The van der Waals surface area contributed by atoms with Gasteiger partial charge in [-0.1, -0.05) is 36.4 Å². The predicted molar refractivity (Wildman–Crippen MR) is 97.7 cm³/mol. The van der Waals surface area contributed by atoms with Gasteiger partial charge in [0.25, 0.3) is 0 Å². The second-order valence-electron chi connectivity index (χ2n) is 5.48. The molecular formula is C17H25N4OS+. The van der Waals surface area contributed by atoms with Crippen LogP contribution in [-0.4, -0.2) is 43.7 Å². The Bertz CT molecular complexity index is 541. The van der Waals surface area contributed by atoms with Crippen molar-refractivity contribution in [2.45, 2.75) is 13.0 Å². The van der Waals surface area contributed by atoms with Gasteiger partial charge in [0.1, 0.15) is 13.1 Å². The number of benzene rings is 1. The lowest BCUT2D eigenvalue weighted by Crippen LogP contribution is -3.15. The molecule has 0 aromatic heterocycles. The van der Waals surface area contributed by atoms with Gasteiger partial charge in [0, 0.05) is 12.1 Å². The topological polar surface area (TPSA) is 50.1 Å². The van der Waals surface area contributed by atoms with Gasteiger partial charge in [0.05, 0.1) is 18.9 Å². The summed E-state index contributed by atoms with van der Waals surface area (Å²) in [7, 11) is 0. The van der Waals surface area contributed by atoms with E-state index in [4.69, 9.17) is 17.0 Å². The van der Waals surface area contributed by atoms with Gasteiger partial charge in [0.2, 0.25) is 0 Å². The Hall–Kier alpha value is -1.76. The van der Waals surface area contributed by atoms with Crippen LogP contribution in [0.4, 0.5) is 0 Å². The highest BCUT2D eigenvalue weighted by Gasteiger charge is 2.28. The van der Waals surface area contributed by atoms with Gasteiger partial charge in [-0.05, 0) is 19.1 Å². The molecule has 0 spiro atoms. The number of hydrogen-bond donors (Lipinski definition) is 3. The lowest BCUT2D eigenvalue weighted by Gasteiger charge is -2.31. The molecule has 1 fully saturated rings. The van der Waals surface area contributed by atoms with Crippen LogP contribution >= 0.6 is 12.2 Å². The second-order valence-corrected chi connectivity index (χ2v) is 5.89. The van der Waals surface area contributed by atoms with E-state index < -0.39 is 0 Å². The zero-order valence-electron chi connectivity index (χ0n) is 13.5. The van der Waals surface area contributed by atoms with E-state index in [1.54, 1.807) is 6.08 Å². The van der Waals surface area contributed by atoms with Gasteiger partial charge in [-0.25, -0.2) is 0 Å². The summed E-state index contributed by atoms with van der Waals surface area (Å²) in [5.41, 5.74) is 5.19. The van der Waals surface area contributed by atoms with Crippen LogP contribution in [0.5, 0.6) is 0 Å². The zero-order chi connectivity index (χ0) is 16.5. The highest BCUT2D eigenvalue weighted by molar-refractivity contribution is 7.80. The molecule has 1 aromatic carbocycles. The van der Waals surface area contributed by atoms with Crippen LogP contribution < -0.4 is 15.6 Å². The predicted octanol–water partition coefficient (Wildman–Crippen LogP) is 0.669. The number of ether oxygens (including phenoxy) is 1. The average molecular weight is 333 g/mol. The molecule has 1 aromatic rings. The molecular weight excluding hydrogens is 308 g/mol. The minimum Gasteiger partial charge on any atom is -0.370 e. The van der Waals surface area contributed by atoms with Gasteiger partial charge < -0.3 is 15.0 Å². The zero-order valence-corrected chi connectivity index (χ0v) is 14.4. The van der Waals surface area contributed by atoms with Crippen LogP contribution in [0.15, 0.2) is 48.1 Å². The monoisotopic (exact) mass is 333 g/mol. The van der Waals surface area contributed by atoms with E-state index in [0.717, 1.165) is 32.0 Å². The molecule has 0 bridgehead atoms. The molecule has 0 saturated carbocycles. The van der Waals surface area contributed by atoms with Crippen LogP contribution in [0.1, 0.15) is 18.5 Å². The molecule has 1 aliphatic rings. The van der Waals surface area contributed by atoms with Gasteiger partial charge in [-0.2, -0.15) is 5.10 Å². The highest BCUT2D eigenvalue weighted by atomic mass is 32.1. The van der Waals surface area contributed by atoms with E-state index in [9.17, 15) is 0 Å². The molecule has 124 valence electrons. The van der Waals surface area contributed by atoms with Crippen LogP contribution in [-0.2, 0) is 4.74 Å². The van der Waals surface area contributed by atoms with Crippen LogP contribution in [0.3, 0.4) is 0 Å². The quantitative estimate of drug-likeness (QED) is 0.310. The third-order valence-corrected chi connectivity index (χ3v) is 4.07. The first-order valence-corrected chi connectivity index (χ1v) is 8.29. The van der Waals surface area contributed by atoms with Gasteiger partial charge in [0.15, 0.2) is 11.2 Å². The maximum absolute atomic E-state index is 5.49. The standard InChI is InChI=1S/C17H24N4OS/c1-3-9-18-17(23)20-19-14(2)16(15-7-5-4-6-8-15)21-10-12-22-13-11-21/h3-8,16H,1,9-13H2,2H3,(H2,18,20,23)/p+1/b19-14-/t16-/m1/s1. The minimum absolute atomic E-state index is 0.204. The number of morpholine rings is 1. The molecule has 0 aliphatic carbocycles. The molecule has 0 radical (unpaired) electrons. The molecule has 1 saturated heterocycles. The van der Waals surface area contributed by atoms with Gasteiger partial charge in [-0.15, -0.1) is 6.58 Å². The van der Waals surface area contributed by atoms with Crippen molar-refractivity contribution in [2.75, 3.05) is 32.8 Å². The van der Waals surface area contributed by atoms with Gasteiger partial charge >= 0.3 is 0 Å². The summed E-state index contributed by atoms with van der Waals surface area (Å²) < 4.78 is 5.49. The summed E-state index contributed by atoms with van der Waals surface area (Å²) >= 11 is 5.19. The third kappa shape index (κ3) is 5.42. The summed E-state index contributed by atoms with van der Waals surface area (Å²) in [5.74, 6) is 0. The number of nitrogens with one attached hydrogen (secondary N) is 3. The van der Waals surface area contributed by atoms with E-state index in [1.807, 2.05) is 13.0 Å². The molecule has 1 aliphatic heterocycles. The van der Waals surface area contributed by atoms with E-state index >= 15 is 0 Å². The molecule has 1 heterocycles. The fourth-order valence-corrected chi connectivity index (χ4v) is 2.88. The average Bonchev–Trinajstić information content (AvgIpc) is 2.60. The van der Waals surface area contributed by atoms with Crippen LogP contribution in [0.25, 0.3) is 0 Å². The Balaban J connectivity index is 2.12. The molecule has 23 heavy (non-hydrogen) atoms. The molecule has 0 unspecified atom stereocenters. The molecule has 2 rings (SSSR count). The molecule has 1 atom stereocenters. The molecule has 5 nitrogen and oxygen atoms in total. The van der Waals surface area contributed by atoms with Crippen molar-refractivity contribution in [1.29, 1.82) is 0 Å². The van der Waals surface area contributed by atoms with Crippen molar-refractivity contribution < 1.29 is 9.64 Å². The fraction of sp³-hybridized carbons (Fsp3) is 0.412. The normalized spacial score (nSPS) is 17.3. The lowest BCUT2D eigenvalue weighted by atomic mass is 10.0. The first-order valence-electron chi connectivity index (χ1n) is 7.88. The summed E-state index contributed by atoms with van der Waals surface area (Å²) in [6, 6.07) is 10.7. The highest BCUT2D eigenvalue weighted by Crippen LogP contribution is 2.11. The van der Waals surface area contributed by atoms with E-state index in [1.165, 1.54) is 10.5 Å². The SMILES string of the molecule is C=CCNC(=S)N/N=C(/C)[C@H](c1ccccc1)[NH+]1CCOCC1. The number of hydrogen-bond acceptors (Lipinski definition) is 3. The first kappa shape index (κ1) is 17.6. The smallest absolute Gasteiger partial charge is 0.187 e. The third-order valence-electron chi connectivity index (χ3n) is 3.83. The number of rotatable bonds is 6. The van der Waals surface area contributed by atoms with E-state index in [-0.39, 0.29) is 6.04 Å². The number of quaternary nitrogens is 1. The number of nitrogens with zero attached hydrogens (tertiary/aromatic N) is 1. The minimum atomic E-state index is 0.204. The van der Waals surface area contributed by atoms with Crippen molar-refractivity contribution in [1.82, 2.24) is 10.7 Å². The van der Waals surface area contributed by atoms with Crippen molar-refractivity contribution in [3.05, 3.63) is 48.6 Å². The van der Waals surface area contributed by atoms with Crippen LogP contribution in [0, 0.1) is 0 Å². The number of hydrazone groups is 1. The lowest BCUT2D eigenvalue weighted by molar-refractivity contribution is -0.928. The van der Waals surface area contributed by atoms with Crippen molar-refractivity contribution in [2.24, 2.45) is 5.10 Å². The summed E-state index contributed by atoms with van der Waals surface area (Å²) in [4.78, 5) is 1.47. The Morgan fingerprint density at radius 2 is 2.09 bits per heavy atom. The Kier molecular flexibility index (Phi) is 7.19. The summed E-state index contributed by atoms with van der Waals surface area (Å²) in [5, 5.41) is 8.02. The van der Waals surface area contributed by atoms with Gasteiger partial charge in [-0.3, -0.25) is 5.43 Å². The Labute approximate surface area is 143 Å².